The number of nitrogens with zero attached hydrogens (tertiary/aromatic N) is 1. The Morgan fingerprint density at radius 2 is 2.27 bits per heavy atom. The summed E-state index contributed by atoms with van der Waals surface area (Å²) in [4.78, 5) is 4.10. The van der Waals surface area contributed by atoms with E-state index in [-0.39, 0.29) is 0 Å². The maximum atomic E-state index is 5.29. The summed E-state index contributed by atoms with van der Waals surface area (Å²) in [5, 5.41) is 0. The van der Waals surface area contributed by atoms with Gasteiger partial charge in [0.25, 0.3) is 0 Å². The largest absolute Gasteiger partial charge is 0.441 e. The smallest absolute Gasteiger partial charge is 0.192 e. The van der Waals surface area contributed by atoms with E-state index in [1.54, 1.807) is 13.0 Å². The second-order valence-corrected chi connectivity index (χ2v) is 2.43. The Kier molecular flexibility index (Phi) is 1.94. The van der Waals surface area contributed by atoms with Crippen LogP contribution in [0.3, 0.4) is 0 Å². The van der Waals surface area contributed by atoms with Crippen molar-refractivity contribution < 1.29 is 4.42 Å². The molecule has 0 amide bonds. The molecule has 11 heavy (non-hydrogen) atoms. The lowest BCUT2D eigenvalue weighted by Crippen LogP contribution is -1.77. The van der Waals surface area contributed by atoms with Gasteiger partial charge in [0, 0.05) is 6.92 Å². The van der Waals surface area contributed by atoms with Gasteiger partial charge < -0.3 is 4.42 Å². The minimum absolute atomic E-state index is 0.651. The standard InChI is InChI=1S/C9H11NO/c1-5-8-9(6(2)3)11-7(4)10-8/h5H,1-2H2,3-4H3. The third kappa shape index (κ3) is 1.40. The van der Waals surface area contributed by atoms with E-state index in [1.165, 1.54) is 0 Å². The van der Waals surface area contributed by atoms with Gasteiger partial charge in [0.2, 0.25) is 0 Å². The van der Waals surface area contributed by atoms with Crippen LogP contribution >= 0.6 is 0 Å². The van der Waals surface area contributed by atoms with Crippen LogP contribution < -0.4 is 0 Å². The van der Waals surface area contributed by atoms with Crippen LogP contribution in [-0.2, 0) is 0 Å². The predicted molar refractivity (Wildman–Crippen MR) is 46.0 cm³/mol. The molecule has 2 heteroatoms. The lowest BCUT2D eigenvalue weighted by molar-refractivity contribution is 0.509. The van der Waals surface area contributed by atoms with Gasteiger partial charge in [-0.25, -0.2) is 4.98 Å². The van der Waals surface area contributed by atoms with Gasteiger partial charge in [-0.05, 0) is 18.6 Å². The van der Waals surface area contributed by atoms with Crippen molar-refractivity contribution in [3.05, 3.63) is 30.5 Å². The molecule has 2 nitrogen and oxygen atoms in total. The van der Waals surface area contributed by atoms with Gasteiger partial charge in [-0.2, -0.15) is 0 Å². The molecule has 0 atom stereocenters. The van der Waals surface area contributed by atoms with E-state index in [0.717, 1.165) is 17.0 Å². The van der Waals surface area contributed by atoms with E-state index in [9.17, 15) is 0 Å². The Morgan fingerprint density at radius 3 is 2.64 bits per heavy atom. The summed E-state index contributed by atoms with van der Waals surface area (Å²) in [5.74, 6) is 1.38. The number of aryl methyl sites for hydroxylation is 1. The molecule has 0 saturated heterocycles. The molecule has 0 aliphatic heterocycles. The summed E-state index contributed by atoms with van der Waals surface area (Å²) < 4.78 is 5.29. The molecule has 0 unspecified atom stereocenters. The van der Waals surface area contributed by atoms with Crippen molar-refractivity contribution in [3.8, 4) is 0 Å². The Bertz CT molecular complexity index is 297. The van der Waals surface area contributed by atoms with E-state index in [0.29, 0.717) is 5.89 Å². The monoisotopic (exact) mass is 149 g/mol. The molecule has 0 radical (unpaired) electrons. The van der Waals surface area contributed by atoms with Crippen molar-refractivity contribution in [2.24, 2.45) is 0 Å². The number of aromatic nitrogens is 1. The molecule has 0 saturated carbocycles. The van der Waals surface area contributed by atoms with Crippen molar-refractivity contribution >= 4 is 11.6 Å². The van der Waals surface area contributed by atoms with Crippen LogP contribution in [0.2, 0.25) is 0 Å². The maximum Gasteiger partial charge on any atom is 0.192 e. The Labute approximate surface area is 66.3 Å². The molecule has 58 valence electrons. The highest BCUT2D eigenvalue weighted by Crippen LogP contribution is 2.18. The Balaban J connectivity index is 3.22. The first-order valence-corrected chi connectivity index (χ1v) is 3.41. The zero-order chi connectivity index (χ0) is 8.43. The summed E-state index contributed by atoms with van der Waals surface area (Å²) in [6.07, 6.45) is 1.67. The molecule has 0 N–H and O–H groups in total. The molecule has 1 heterocycles. The van der Waals surface area contributed by atoms with Gasteiger partial charge in [0.15, 0.2) is 11.7 Å². The molecule has 1 aromatic heterocycles. The zero-order valence-electron chi connectivity index (χ0n) is 6.85. The van der Waals surface area contributed by atoms with Crippen LogP contribution in [0.4, 0.5) is 0 Å². The maximum absolute atomic E-state index is 5.29. The summed E-state index contributed by atoms with van der Waals surface area (Å²) in [7, 11) is 0. The molecule has 1 rings (SSSR count). The van der Waals surface area contributed by atoms with Crippen molar-refractivity contribution in [3.63, 3.8) is 0 Å². The van der Waals surface area contributed by atoms with E-state index >= 15 is 0 Å². The molecule has 1 aromatic rings. The van der Waals surface area contributed by atoms with Gasteiger partial charge >= 0.3 is 0 Å². The second-order valence-electron chi connectivity index (χ2n) is 2.43. The number of oxazole rings is 1. The lowest BCUT2D eigenvalue weighted by Gasteiger charge is -1.91. The quantitative estimate of drug-likeness (QED) is 0.646. The molecular weight excluding hydrogens is 138 g/mol. The summed E-state index contributed by atoms with van der Waals surface area (Å²) in [5.41, 5.74) is 1.65. The highest BCUT2D eigenvalue weighted by molar-refractivity contribution is 5.65. The van der Waals surface area contributed by atoms with Gasteiger partial charge in [-0.3, -0.25) is 0 Å². The van der Waals surface area contributed by atoms with E-state index in [2.05, 4.69) is 18.1 Å². The molecule has 0 spiro atoms. The summed E-state index contributed by atoms with van der Waals surface area (Å²) in [6.45, 7) is 11.1. The first-order chi connectivity index (χ1) is 5.15. The van der Waals surface area contributed by atoms with Crippen molar-refractivity contribution in [2.45, 2.75) is 13.8 Å². The zero-order valence-corrected chi connectivity index (χ0v) is 6.85. The van der Waals surface area contributed by atoms with Gasteiger partial charge in [-0.1, -0.05) is 13.2 Å². The summed E-state index contributed by atoms with van der Waals surface area (Å²) in [6, 6.07) is 0. The van der Waals surface area contributed by atoms with Crippen LogP contribution in [0.15, 0.2) is 17.6 Å². The third-order valence-electron chi connectivity index (χ3n) is 1.34. The van der Waals surface area contributed by atoms with E-state index < -0.39 is 0 Å². The molecule has 0 aliphatic carbocycles. The first-order valence-electron chi connectivity index (χ1n) is 3.41. The second kappa shape index (κ2) is 2.74. The average Bonchev–Trinajstić information content (AvgIpc) is 2.30. The fourth-order valence-electron chi connectivity index (χ4n) is 0.887. The number of hydrogen-bond donors (Lipinski definition) is 0. The van der Waals surface area contributed by atoms with Crippen LogP contribution in [0.1, 0.15) is 24.3 Å². The normalized spacial score (nSPS) is 9.64. The minimum Gasteiger partial charge on any atom is -0.441 e. The Hall–Kier alpha value is -1.31. The van der Waals surface area contributed by atoms with Crippen LogP contribution in [0, 0.1) is 6.92 Å². The van der Waals surface area contributed by atoms with E-state index in [1.807, 2.05) is 6.92 Å². The highest BCUT2D eigenvalue weighted by Gasteiger charge is 2.07. The molecular formula is C9H11NO. The van der Waals surface area contributed by atoms with Gasteiger partial charge in [0.1, 0.15) is 5.69 Å². The lowest BCUT2D eigenvalue weighted by atomic mass is 10.2. The first kappa shape index (κ1) is 7.79. The topological polar surface area (TPSA) is 26.0 Å². The fraction of sp³-hybridized carbons (Fsp3) is 0.222. The predicted octanol–water partition coefficient (Wildman–Crippen LogP) is 2.66. The highest BCUT2D eigenvalue weighted by atomic mass is 16.4. The van der Waals surface area contributed by atoms with Gasteiger partial charge in [-0.15, -0.1) is 0 Å². The van der Waals surface area contributed by atoms with Crippen molar-refractivity contribution in [2.75, 3.05) is 0 Å². The molecule has 0 fully saturated rings. The SMILES string of the molecule is C=Cc1nc(C)oc1C(=C)C. The average molecular weight is 149 g/mol. The minimum atomic E-state index is 0.651. The van der Waals surface area contributed by atoms with Crippen LogP contribution in [0.25, 0.3) is 11.6 Å². The van der Waals surface area contributed by atoms with Gasteiger partial charge in [0.05, 0.1) is 0 Å². The van der Waals surface area contributed by atoms with Crippen molar-refractivity contribution in [1.82, 2.24) is 4.98 Å². The molecule has 0 bridgehead atoms. The van der Waals surface area contributed by atoms with Crippen LogP contribution in [-0.4, -0.2) is 4.98 Å². The van der Waals surface area contributed by atoms with Crippen LogP contribution in [0.5, 0.6) is 0 Å². The summed E-state index contributed by atoms with van der Waals surface area (Å²) >= 11 is 0. The van der Waals surface area contributed by atoms with Crippen molar-refractivity contribution in [1.29, 1.82) is 0 Å². The number of allylic oxidation sites excluding steroid dienone is 1. The molecule has 0 aliphatic rings. The number of rotatable bonds is 2. The van der Waals surface area contributed by atoms with E-state index in [4.69, 9.17) is 4.42 Å². The third-order valence-corrected chi connectivity index (χ3v) is 1.34. The fourth-order valence-corrected chi connectivity index (χ4v) is 0.887. The molecule has 0 aromatic carbocycles. The Morgan fingerprint density at radius 1 is 1.64 bits per heavy atom. The number of hydrogen-bond acceptors (Lipinski definition) is 2.